The summed E-state index contributed by atoms with van der Waals surface area (Å²) in [5.41, 5.74) is 2.95. The van der Waals surface area contributed by atoms with Gasteiger partial charge in [-0.3, -0.25) is 4.79 Å². The second-order valence-electron chi connectivity index (χ2n) is 5.67. The Balaban J connectivity index is 1.56. The van der Waals surface area contributed by atoms with Crippen LogP contribution in [0.3, 0.4) is 0 Å². The van der Waals surface area contributed by atoms with E-state index in [2.05, 4.69) is 22.4 Å². The smallest absolute Gasteiger partial charge is 0.251 e. The van der Waals surface area contributed by atoms with E-state index in [4.69, 9.17) is 4.74 Å². The van der Waals surface area contributed by atoms with Crippen LogP contribution in [0.4, 0.5) is 0 Å². The van der Waals surface area contributed by atoms with Crippen LogP contribution in [0.2, 0.25) is 0 Å². The van der Waals surface area contributed by atoms with Gasteiger partial charge in [-0.05, 0) is 54.2 Å². The number of rotatable bonds is 6. The van der Waals surface area contributed by atoms with Gasteiger partial charge in [0.05, 0.1) is 11.2 Å². The first kappa shape index (κ1) is 18.1. The number of benzene rings is 1. The van der Waals surface area contributed by atoms with Crippen LogP contribution in [-0.4, -0.2) is 29.0 Å². The summed E-state index contributed by atoms with van der Waals surface area (Å²) in [6.07, 6.45) is 2.98. The Bertz CT molecular complexity index is 701. The molecule has 2 heterocycles. The molecule has 2 aromatic rings. The standard InChI is InChI=1S/C19H22N2O2S2/c1-2-23-17-12-14(8-9-20-17)13-21-18(22)15-4-6-16(7-5-15)19-24-10-3-11-25-19/h4-9,12,19H,2-3,10-11,13H2,1H3,(H,21,22). The SMILES string of the molecule is CCOc1cc(CNC(=O)c2ccc(C3SCCCS3)cc2)ccn1. The van der Waals surface area contributed by atoms with Crippen molar-refractivity contribution in [3.8, 4) is 5.88 Å². The van der Waals surface area contributed by atoms with E-state index in [9.17, 15) is 4.79 Å². The third-order valence-electron chi connectivity index (χ3n) is 3.82. The van der Waals surface area contributed by atoms with E-state index >= 15 is 0 Å². The minimum atomic E-state index is -0.0646. The number of aromatic nitrogens is 1. The lowest BCUT2D eigenvalue weighted by Gasteiger charge is -2.21. The zero-order valence-corrected chi connectivity index (χ0v) is 15.9. The molecule has 0 aliphatic carbocycles. The average molecular weight is 375 g/mol. The molecule has 0 saturated carbocycles. The topological polar surface area (TPSA) is 51.2 Å². The number of carbonyl (C=O) groups is 1. The first-order valence-corrected chi connectivity index (χ1v) is 10.5. The molecule has 3 rings (SSSR count). The Morgan fingerprint density at radius 3 is 2.72 bits per heavy atom. The number of hydrogen-bond donors (Lipinski definition) is 1. The molecule has 0 atom stereocenters. The van der Waals surface area contributed by atoms with Gasteiger partial charge in [0, 0.05) is 24.4 Å². The van der Waals surface area contributed by atoms with Gasteiger partial charge in [0.1, 0.15) is 0 Å². The molecule has 1 aliphatic rings. The number of thioether (sulfide) groups is 2. The Morgan fingerprint density at radius 2 is 2.00 bits per heavy atom. The van der Waals surface area contributed by atoms with E-state index in [0.29, 0.717) is 29.2 Å². The summed E-state index contributed by atoms with van der Waals surface area (Å²) in [6, 6.07) is 11.7. The highest BCUT2D eigenvalue weighted by Crippen LogP contribution is 2.43. The molecule has 6 heteroatoms. The first-order chi connectivity index (χ1) is 12.3. The fourth-order valence-electron chi connectivity index (χ4n) is 2.54. The van der Waals surface area contributed by atoms with Crippen molar-refractivity contribution in [3.63, 3.8) is 0 Å². The molecule has 4 nitrogen and oxygen atoms in total. The van der Waals surface area contributed by atoms with Gasteiger partial charge in [-0.1, -0.05) is 12.1 Å². The van der Waals surface area contributed by atoms with Crippen LogP contribution >= 0.6 is 23.5 Å². The van der Waals surface area contributed by atoms with Crippen molar-refractivity contribution in [1.82, 2.24) is 10.3 Å². The summed E-state index contributed by atoms with van der Waals surface area (Å²) < 4.78 is 5.88. The zero-order chi connectivity index (χ0) is 17.5. The summed E-state index contributed by atoms with van der Waals surface area (Å²) in [6.45, 7) is 2.95. The fraction of sp³-hybridized carbons (Fsp3) is 0.368. The summed E-state index contributed by atoms with van der Waals surface area (Å²) in [4.78, 5) is 16.5. The molecule has 1 saturated heterocycles. The van der Waals surface area contributed by atoms with Crippen molar-refractivity contribution in [2.24, 2.45) is 0 Å². The van der Waals surface area contributed by atoms with Crippen molar-refractivity contribution in [2.75, 3.05) is 18.1 Å². The molecule has 0 radical (unpaired) electrons. The van der Waals surface area contributed by atoms with Crippen molar-refractivity contribution >= 4 is 29.4 Å². The molecule has 1 aromatic heterocycles. The molecule has 0 unspecified atom stereocenters. The number of ether oxygens (including phenoxy) is 1. The Kier molecular flexibility index (Phi) is 6.64. The number of hydrogen-bond acceptors (Lipinski definition) is 5. The van der Waals surface area contributed by atoms with Crippen LogP contribution < -0.4 is 10.1 Å². The maximum atomic E-state index is 12.3. The largest absolute Gasteiger partial charge is 0.478 e. The van der Waals surface area contributed by atoms with Crippen molar-refractivity contribution < 1.29 is 9.53 Å². The van der Waals surface area contributed by atoms with Crippen molar-refractivity contribution in [3.05, 3.63) is 59.3 Å². The molecule has 132 valence electrons. The Morgan fingerprint density at radius 1 is 1.24 bits per heavy atom. The van der Waals surface area contributed by atoms with Crippen molar-refractivity contribution in [1.29, 1.82) is 0 Å². The van der Waals surface area contributed by atoms with Crippen LogP contribution in [0.25, 0.3) is 0 Å². The van der Waals surface area contributed by atoms with Gasteiger partial charge in [-0.25, -0.2) is 4.98 Å². The van der Waals surface area contributed by atoms with Crippen LogP contribution in [0.15, 0.2) is 42.6 Å². The van der Waals surface area contributed by atoms with Gasteiger partial charge in [0.25, 0.3) is 5.91 Å². The number of nitrogens with zero attached hydrogens (tertiary/aromatic N) is 1. The van der Waals surface area contributed by atoms with E-state index in [0.717, 1.165) is 5.56 Å². The van der Waals surface area contributed by atoms with Crippen LogP contribution in [0.5, 0.6) is 5.88 Å². The lowest BCUT2D eigenvalue weighted by atomic mass is 10.1. The molecule has 1 amide bonds. The summed E-state index contributed by atoms with van der Waals surface area (Å²) in [7, 11) is 0. The molecule has 1 aromatic carbocycles. The van der Waals surface area contributed by atoms with Crippen LogP contribution in [0.1, 0.15) is 39.4 Å². The monoisotopic (exact) mass is 374 g/mol. The predicted octanol–water partition coefficient (Wildman–Crippen LogP) is 4.28. The average Bonchev–Trinajstić information content (AvgIpc) is 2.67. The second kappa shape index (κ2) is 9.15. The van der Waals surface area contributed by atoms with E-state index in [1.165, 1.54) is 23.5 Å². The lowest BCUT2D eigenvalue weighted by molar-refractivity contribution is 0.0951. The molecule has 25 heavy (non-hydrogen) atoms. The van der Waals surface area contributed by atoms with Crippen LogP contribution in [-0.2, 0) is 6.54 Å². The predicted molar refractivity (Wildman–Crippen MR) is 105 cm³/mol. The number of nitrogens with one attached hydrogen (secondary N) is 1. The van der Waals surface area contributed by atoms with Gasteiger partial charge in [0.2, 0.25) is 5.88 Å². The Labute approximate surface area is 157 Å². The highest BCUT2D eigenvalue weighted by atomic mass is 32.2. The molecule has 1 aliphatic heterocycles. The maximum Gasteiger partial charge on any atom is 0.251 e. The Hall–Kier alpha value is -1.66. The first-order valence-electron chi connectivity index (χ1n) is 8.45. The van der Waals surface area contributed by atoms with Gasteiger partial charge in [0.15, 0.2) is 0 Å². The molecule has 1 N–H and O–H groups in total. The quantitative estimate of drug-likeness (QED) is 0.818. The molecule has 1 fully saturated rings. The summed E-state index contributed by atoms with van der Waals surface area (Å²) in [5, 5.41) is 2.95. The minimum absolute atomic E-state index is 0.0646. The number of pyridine rings is 1. The number of carbonyl (C=O) groups excluding carboxylic acids is 1. The van der Waals surface area contributed by atoms with Gasteiger partial charge in [-0.15, -0.1) is 23.5 Å². The lowest BCUT2D eigenvalue weighted by Crippen LogP contribution is -2.22. The third-order valence-corrected chi connectivity index (χ3v) is 6.83. The van der Waals surface area contributed by atoms with Gasteiger partial charge in [-0.2, -0.15) is 0 Å². The fourth-order valence-corrected chi connectivity index (χ4v) is 5.44. The minimum Gasteiger partial charge on any atom is -0.478 e. The summed E-state index contributed by atoms with van der Waals surface area (Å²) in [5.74, 6) is 2.96. The van der Waals surface area contributed by atoms with E-state index < -0.39 is 0 Å². The van der Waals surface area contributed by atoms with E-state index in [1.54, 1.807) is 6.20 Å². The van der Waals surface area contributed by atoms with E-state index in [1.807, 2.05) is 54.7 Å². The maximum absolute atomic E-state index is 12.3. The van der Waals surface area contributed by atoms with Gasteiger partial charge < -0.3 is 10.1 Å². The van der Waals surface area contributed by atoms with E-state index in [-0.39, 0.29) is 5.91 Å². The number of amides is 1. The summed E-state index contributed by atoms with van der Waals surface area (Å²) >= 11 is 3.98. The highest BCUT2D eigenvalue weighted by Gasteiger charge is 2.16. The highest BCUT2D eigenvalue weighted by molar-refractivity contribution is 8.16. The van der Waals surface area contributed by atoms with Gasteiger partial charge >= 0.3 is 0 Å². The normalized spacial score (nSPS) is 14.9. The third kappa shape index (κ3) is 5.16. The second-order valence-corrected chi connectivity index (χ2v) is 8.39. The van der Waals surface area contributed by atoms with Crippen molar-refractivity contribution in [2.45, 2.75) is 24.5 Å². The molecule has 0 bridgehead atoms. The molecule has 0 spiro atoms. The zero-order valence-electron chi connectivity index (χ0n) is 14.2. The molecular weight excluding hydrogens is 352 g/mol. The van der Waals surface area contributed by atoms with Crippen LogP contribution in [0, 0.1) is 0 Å². The molecular formula is C19H22N2O2S2.